The molecule has 0 saturated carbocycles. The van der Waals surface area contributed by atoms with E-state index in [-0.39, 0.29) is 28.5 Å². The van der Waals surface area contributed by atoms with Gasteiger partial charge in [-0.25, -0.2) is 0 Å². The number of nitrogens with zero attached hydrogens (tertiary/aromatic N) is 2. The van der Waals surface area contributed by atoms with Crippen LogP contribution in [0.1, 0.15) is 12.8 Å². The molecule has 2 atom stereocenters. The molecule has 1 aromatic rings. The molecule has 1 amide bonds. The van der Waals surface area contributed by atoms with Gasteiger partial charge >= 0.3 is 0 Å². The first-order chi connectivity index (χ1) is 17.9. The Kier molecular flexibility index (Phi) is 6.21. The molecule has 37 heavy (non-hydrogen) atoms. The fourth-order valence-electron chi connectivity index (χ4n) is 5.64. The van der Waals surface area contributed by atoms with Crippen LogP contribution in [0.4, 0.5) is 0 Å². The standard InChI is InChI=1S/C26H30N4O6S/c31-26(20-12-18-14-27-24-7-3-4-21(30(18)24)25(20)37(32,33)34)28-13-17-8-10-29(11-9-17)15-19-16-35-22-5-1-2-6-23(22)36-19/h1-7,12,17-19,27H,8-11,13-16H2,(H,28,31)(H,32,33,34)/t18-,19?/m0/s1. The van der Waals surface area contributed by atoms with Gasteiger partial charge in [-0.3, -0.25) is 14.2 Å². The molecule has 1 aromatic carbocycles. The Morgan fingerprint density at radius 1 is 1.19 bits per heavy atom. The van der Waals surface area contributed by atoms with E-state index in [1.54, 1.807) is 23.1 Å². The number of nitrogens with one attached hydrogen (secondary N) is 2. The molecule has 0 aromatic heterocycles. The highest BCUT2D eigenvalue weighted by Crippen LogP contribution is 2.37. The Bertz CT molecular complexity index is 1330. The summed E-state index contributed by atoms with van der Waals surface area (Å²) in [5.41, 5.74) is 0.313. The Morgan fingerprint density at radius 3 is 2.76 bits per heavy atom. The van der Waals surface area contributed by atoms with Gasteiger partial charge in [0.2, 0.25) is 0 Å². The van der Waals surface area contributed by atoms with Gasteiger partial charge in [0.05, 0.1) is 17.3 Å². The number of ether oxygens (including phenoxy) is 2. The molecule has 0 aliphatic carbocycles. The van der Waals surface area contributed by atoms with Gasteiger partial charge in [-0.1, -0.05) is 18.2 Å². The van der Waals surface area contributed by atoms with E-state index < -0.39 is 16.0 Å². The van der Waals surface area contributed by atoms with Gasteiger partial charge in [-0.05, 0) is 62.2 Å². The van der Waals surface area contributed by atoms with Crippen molar-refractivity contribution in [1.29, 1.82) is 0 Å². The molecular formula is C26H30N4O6S. The summed E-state index contributed by atoms with van der Waals surface area (Å²) in [5.74, 6) is 2.11. The lowest BCUT2D eigenvalue weighted by Gasteiger charge is -2.36. The molecule has 0 spiro atoms. The van der Waals surface area contributed by atoms with Crippen molar-refractivity contribution in [2.24, 2.45) is 5.92 Å². The normalized spacial score (nSPS) is 25.3. The number of hydrogen-bond donors (Lipinski definition) is 3. The fourth-order valence-corrected chi connectivity index (χ4v) is 6.51. The Labute approximate surface area is 216 Å². The molecule has 0 radical (unpaired) electrons. The summed E-state index contributed by atoms with van der Waals surface area (Å²) in [6, 6.07) is 7.49. The second-order valence-corrected chi connectivity index (χ2v) is 11.3. The van der Waals surface area contributed by atoms with Crippen LogP contribution in [0.2, 0.25) is 0 Å². The Hall–Kier alpha value is -3.28. The van der Waals surface area contributed by atoms with Crippen molar-refractivity contribution in [3.63, 3.8) is 0 Å². The van der Waals surface area contributed by atoms with Gasteiger partial charge in [0.25, 0.3) is 16.0 Å². The zero-order chi connectivity index (χ0) is 25.6. The zero-order valence-electron chi connectivity index (χ0n) is 20.3. The predicted molar refractivity (Wildman–Crippen MR) is 136 cm³/mol. The molecule has 10 nitrogen and oxygen atoms in total. The van der Waals surface area contributed by atoms with Crippen LogP contribution in [0.3, 0.4) is 0 Å². The van der Waals surface area contributed by atoms with Crippen LogP contribution in [0.5, 0.6) is 11.5 Å². The van der Waals surface area contributed by atoms with E-state index in [4.69, 9.17) is 9.47 Å². The van der Waals surface area contributed by atoms with Gasteiger partial charge in [0, 0.05) is 19.6 Å². The van der Waals surface area contributed by atoms with Crippen LogP contribution in [-0.4, -0.2) is 80.2 Å². The quantitative estimate of drug-likeness (QED) is 0.472. The van der Waals surface area contributed by atoms with E-state index in [1.165, 1.54) is 0 Å². The third-order valence-corrected chi connectivity index (χ3v) is 8.42. The molecule has 11 heteroatoms. The molecule has 3 N–H and O–H groups in total. The van der Waals surface area contributed by atoms with E-state index in [0.29, 0.717) is 25.4 Å². The van der Waals surface area contributed by atoms with Crippen molar-refractivity contribution in [2.75, 3.05) is 39.3 Å². The summed E-state index contributed by atoms with van der Waals surface area (Å²) in [5, 5.41) is 6.14. The lowest BCUT2D eigenvalue weighted by Crippen LogP contribution is -2.45. The van der Waals surface area contributed by atoms with E-state index >= 15 is 0 Å². The van der Waals surface area contributed by atoms with Crippen LogP contribution in [0.25, 0.3) is 0 Å². The number of amides is 1. The number of carbonyl (C=O) groups excluding carboxylic acids is 1. The number of likely N-dealkylation sites (tertiary alicyclic amines) is 1. The molecule has 0 bridgehead atoms. The number of hydrogen-bond acceptors (Lipinski definition) is 8. The first kappa shape index (κ1) is 24.1. The largest absolute Gasteiger partial charge is 0.486 e. The topological polar surface area (TPSA) is 120 Å². The van der Waals surface area contributed by atoms with Crippen LogP contribution >= 0.6 is 0 Å². The molecule has 2 fully saturated rings. The number of benzene rings is 1. The predicted octanol–water partition coefficient (Wildman–Crippen LogP) is 1.38. The van der Waals surface area contributed by atoms with Gasteiger partial charge in [-0.15, -0.1) is 0 Å². The number of allylic oxidation sites excluding steroid dienone is 3. The monoisotopic (exact) mass is 526 g/mol. The van der Waals surface area contributed by atoms with Crippen LogP contribution < -0.4 is 20.1 Å². The van der Waals surface area contributed by atoms with Gasteiger partial charge in [0.1, 0.15) is 23.4 Å². The maximum Gasteiger partial charge on any atom is 0.297 e. The highest BCUT2D eigenvalue weighted by molar-refractivity contribution is 7.90. The van der Waals surface area contributed by atoms with E-state index in [2.05, 4.69) is 15.5 Å². The average Bonchev–Trinajstić information content (AvgIpc) is 3.31. The van der Waals surface area contributed by atoms with Crippen molar-refractivity contribution >= 4 is 16.0 Å². The molecule has 6 rings (SSSR count). The smallest absolute Gasteiger partial charge is 0.297 e. The molecule has 5 aliphatic rings. The summed E-state index contributed by atoms with van der Waals surface area (Å²) in [6.45, 7) is 4.06. The molecular weight excluding hydrogens is 496 g/mol. The number of fused-ring (bicyclic) bond motifs is 1. The minimum absolute atomic E-state index is 0.000476. The zero-order valence-corrected chi connectivity index (χ0v) is 21.1. The second kappa shape index (κ2) is 9.55. The van der Waals surface area contributed by atoms with Crippen LogP contribution in [0.15, 0.2) is 70.6 Å². The number of carbonyl (C=O) groups is 1. The minimum atomic E-state index is -4.62. The average molecular weight is 527 g/mol. The lowest BCUT2D eigenvalue weighted by molar-refractivity contribution is -0.117. The fraction of sp³-hybridized carbons (Fsp3) is 0.423. The highest BCUT2D eigenvalue weighted by Gasteiger charge is 2.41. The summed E-state index contributed by atoms with van der Waals surface area (Å²) in [4.78, 5) is 17.0. The Balaban J connectivity index is 1.04. The minimum Gasteiger partial charge on any atom is -0.486 e. The summed E-state index contributed by atoms with van der Waals surface area (Å²) >= 11 is 0. The highest BCUT2D eigenvalue weighted by atomic mass is 32.2. The molecule has 1 unspecified atom stereocenters. The van der Waals surface area contributed by atoms with Gasteiger partial charge < -0.3 is 25.0 Å². The molecule has 5 aliphatic heterocycles. The number of piperidine rings is 1. The van der Waals surface area contributed by atoms with Gasteiger partial charge in [0.15, 0.2) is 11.5 Å². The van der Waals surface area contributed by atoms with Crippen molar-refractivity contribution in [2.45, 2.75) is 25.0 Å². The molecule has 2 saturated heterocycles. The Morgan fingerprint density at radius 2 is 1.97 bits per heavy atom. The van der Waals surface area contributed by atoms with Gasteiger partial charge in [-0.2, -0.15) is 8.42 Å². The maximum absolute atomic E-state index is 13.2. The molecule has 5 heterocycles. The number of para-hydroxylation sites is 2. The second-order valence-electron chi connectivity index (χ2n) is 9.95. The lowest BCUT2D eigenvalue weighted by atomic mass is 9.96. The maximum atomic E-state index is 13.2. The summed E-state index contributed by atoms with van der Waals surface area (Å²) < 4.78 is 46.5. The van der Waals surface area contributed by atoms with Crippen molar-refractivity contribution in [3.05, 3.63) is 70.6 Å². The van der Waals surface area contributed by atoms with E-state index in [9.17, 15) is 17.8 Å². The van der Waals surface area contributed by atoms with Crippen molar-refractivity contribution in [1.82, 2.24) is 20.4 Å². The van der Waals surface area contributed by atoms with E-state index in [1.807, 2.05) is 30.3 Å². The van der Waals surface area contributed by atoms with Crippen LogP contribution in [0, 0.1) is 5.92 Å². The number of rotatable bonds is 6. The SMILES string of the molecule is O=C(NCC1CCN(CC2COc3ccccc3O2)CC1)C1=C[C@H]2CNC3=CC=CC(=C1S(=O)(=O)O)N32. The third kappa shape index (κ3) is 4.74. The first-order valence-electron chi connectivity index (χ1n) is 12.6. The van der Waals surface area contributed by atoms with Crippen LogP contribution in [-0.2, 0) is 14.9 Å². The van der Waals surface area contributed by atoms with Crippen molar-refractivity contribution < 1.29 is 27.2 Å². The summed E-state index contributed by atoms with van der Waals surface area (Å²) in [6.07, 6.45) is 8.58. The third-order valence-electron chi connectivity index (χ3n) is 7.48. The molecule has 196 valence electrons. The first-order valence-corrected chi connectivity index (χ1v) is 14.1. The van der Waals surface area contributed by atoms with E-state index in [0.717, 1.165) is 49.8 Å². The van der Waals surface area contributed by atoms with Crippen molar-refractivity contribution in [3.8, 4) is 11.5 Å². The summed E-state index contributed by atoms with van der Waals surface area (Å²) in [7, 11) is -4.62.